The fourth-order valence-corrected chi connectivity index (χ4v) is 2.32. The van der Waals surface area contributed by atoms with Crippen LogP contribution in [0.3, 0.4) is 0 Å². The van der Waals surface area contributed by atoms with Crippen molar-refractivity contribution in [3.8, 4) is 5.75 Å². The fourth-order valence-electron chi connectivity index (χ4n) is 1.53. The normalized spacial score (nSPS) is 10.2. The van der Waals surface area contributed by atoms with E-state index in [2.05, 4.69) is 5.32 Å². The van der Waals surface area contributed by atoms with Gasteiger partial charge in [0.05, 0.1) is 4.88 Å². The molecule has 2 aromatic rings. The zero-order valence-electron chi connectivity index (χ0n) is 10.0. The van der Waals surface area contributed by atoms with Crippen LogP contribution in [0, 0.1) is 6.92 Å². The van der Waals surface area contributed by atoms with Crippen LogP contribution in [0.2, 0.25) is 0 Å². The molecule has 0 aliphatic heterocycles. The molecule has 19 heavy (non-hydrogen) atoms. The summed E-state index contributed by atoms with van der Waals surface area (Å²) >= 11 is 1.31. The molecule has 3 N–H and O–H groups in total. The molecular weight excluding hydrogens is 266 g/mol. The lowest BCUT2D eigenvalue weighted by Crippen LogP contribution is -2.10. The van der Waals surface area contributed by atoms with Crippen molar-refractivity contribution < 1.29 is 19.8 Å². The second-order valence-electron chi connectivity index (χ2n) is 3.98. The smallest absolute Gasteiger partial charge is 0.339 e. The molecule has 1 aromatic carbocycles. The minimum Gasteiger partial charge on any atom is -0.507 e. The summed E-state index contributed by atoms with van der Waals surface area (Å²) in [6, 6.07) is 5.65. The van der Waals surface area contributed by atoms with Crippen LogP contribution in [-0.4, -0.2) is 22.1 Å². The minimum atomic E-state index is -1.25. The van der Waals surface area contributed by atoms with Gasteiger partial charge < -0.3 is 15.5 Å². The van der Waals surface area contributed by atoms with Crippen molar-refractivity contribution in [2.45, 2.75) is 6.92 Å². The highest BCUT2D eigenvalue weighted by Gasteiger charge is 2.13. The third-order valence-corrected chi connectivity index (χ3v) is 3.49. The van der Waals surface area contributed by atoms with E-state index in [0.29, 0.717) is 10.6 Å². The van der Waals surface area contributed by atoms with Crippen molar-refractivity contribution in [2.24, 2.45) is 0 Å². The predicted molar refractivity (Wildman–Crippen MR) is 72.1 cm³/mol. The number of thiophene rings is 1. The van der Waals surface area contributed by atoms with Crippen LogP contribution in [0.15, 0.2) is 29.6 Å². The van der Waals surface area contributed by atoms with Crippen molar-refractivity contribution in [1.29, 1.82) is 0 Å². The molecule has 0 unspecified atom stereocenters. The van der Waals surface area contributed by atoms with Gasteiger partial charge in [-0.2, -0.15) is 0 Å². The molecule has 2 rings (SSSR count). The first-order valence-electron chi connectivity index (χ1n) is 5.40. The van der Waals surface area contributed by atoms with E-state index in [1.165, 1.54) is 29.5 Å². The number of benzene rings is 1. The Morgan fingerprint density at radius 1 is 1.26 bits per heavy atom. The van der Waals surface area contributed by atoms with E-state index in [1.807, 2.05) is 12.3 Å². The molecule has 0 atom stereocenters. The molecule has 6 heteroatoms. The fraction of sp³-hybridized carbons (Fsp3) is 0.0769. The average molecular weight is 277 g/mol. The van der Waals surface area contributed by atoms with Crippen molar-refractivity contribution in [1.82, 2.24) is 0 Å². The standard InChI is InChI=1S/C13H11NO4S/c1-7-4-11(19-6-7)12(16)14-8-2-3-10(15)9(5-8)13(17)18/h2-6,15H,1H3,(H,14,16)(H,17,18). The summed E-state index contributed by atoms with van der Waals surface area (Å²) in [5, 5.41) is 22.7. The molecule has 1 heterocycles. The molecule has 1 amide bonds. The van der Waals surface area contributed by atoms with Gasteiger partial charge in [0, 0.05) is 5.69 Å². The molecule has 1 aromatic heterocycles. The van der Waals surface area contributed by atoms with E-state index in [9.17, 15) is 14.7 Å². The highest BCUT2D eigenvalue weighted by molar-refractivity contribution is 7.12. The lowest BCUT2D eigenvalue weighted by molar-refractivity contribution is 0.0693. The van der Waals surface area contributed by atoms with Crippen LogP contribution in [-0.2, 0) is 0 Å². The Morgan fingerprint density at radius 3 is 2.58 bits per heavy atom. The first kappa shape index (κ1) is 13.1. The van der Waals surface area contributed by atoms with E-state index in [-0.39, 0.29) is 17.2 Å². The number of carboxylic acids is 1. The summed E-state index contributed by atoms with van der Waals surface area (Å²) in [6.07, 6.45) is 0. The zero-order valence-corrected chi connectivity index (χ0v) is 10.8. The summed E-state index contributed by atoms with van der Waals surface area (Å²) in [7, 11) is 0. The van der Waals surface area contributed by atoms with Gasteiger partial charge in [-0.1, -0.05) is 0 Å². The number of hydrogen-bond donors (Lipinski definition) is 3. The average Bonchev–Trinajstić information content (AvgIpc) is 2.78. The van der Waals surface area contributed by atoms with E-state index in [1.54, 1.807) is 6.07 Å². The second-order valence-corrected chi connectivity index (χ2v) is 4.89. The lowest BCUT2D eigenvalue weighted by atomic mass is 10.2. The number of carbonyl (C=O) groups excluding carboxylic acids is 1. The molecule has 98 valence electrons. The highest BCUT2D eigenvalue weighted by Crippen LogP contribution is 2.22. The maximum Gasteiger partial charge on any atom is 0.339 e. The Hall–Kier alpha value is -2.34. The molecule has 0 aliphatic rings. The number of carbonyl (C=O) groups is 2. The summed E-state index contributed by atoms with van der Waals surface area (Å²) in [4.78, 5) is 23.3. The number of hydrogen-bond acceptors (Lipinski definition) is 4. The number of carboxylic acid groups (broad SMARTS) is 1. The number of aryl methyl sites for hydroxylation is 1. The van der Waals surface area contributed by atoms with Crippen molar-refractivity contribution in [3.05, 3.63) is 45.6 Å². The SMILES string of the molecule is Cc1csc(C(=O)Nc2ccc(O)c(C(=O)O)c2)c1. The highest BCUT2D eigenvalue weighted by atomic mass is 32.1. The number of aromatic hydroxyl groups is 1. The zero-order chi connectivity index (χ0) is 14.0. The summed E-state index contributed by atoms with van der Waals surface area (Å²) in [5.41, 5.74) is 1.07. The van der Waals surface area contributed by atoms with Crippen LogP contribution < -0.4 is 5.32 Å². The largest absolute Gasteiger partial charge is 0.507 e. The van der Waals surface area contributed by atoms with Gasteiger partial charge in [0.2, 0.25) is 0 Å². The maximum atomic E-state index is 11.9. The van der Waals surface area contributed by atoms with E-state index < -0.39 is 5.97 Å². The van der Waals surface area contributed by atoms with Crippen molar-refractivity contribution >= 4 is 28.9 Å². The number of amides is 1. The number of phenols is 1. The first-order chi connectivity index (χ1) is 8.97. The Bertz CT molecular complexity index is 648. The maximum absolute atomic E-state index is 11.9. The lowest BCUT2D eigenvalue weighted by Gasteiger charge is -2.06. The second kappa shape index (κ2) is 5.11. The van der Waals surface area contributed by atoms with Gasteiger partial charge in [-0.3, -0.25) is 4.79 Å². The molecule has 0 saturated heterocycles. The molecule has 0 fully saturated rings. The number of anilines is 1. The van der Waals surface area contributed by atoms with Gasteiger partial charge in [0.1, 0.15) is 11.3 Å². The van der Waals surface area contributed by atoms with Gasteiger partial charge in [0.15, 0.2) is 0 Å². The Balaban J connectivity index is 2.22. The molecule has 0 aliphatic carbocycles. The summed E-state index contributed by atoms with van der Waals surface area (Å²) in [6.45, 7) is 1.89. The minimum absolute atomic E-state index is 0.250. The molecule has 0 spiro atoms. The monoisotopic (exact) mass is 277 g/mol. The van der Waals surface area contributed by atoms with E-state index in [4.69, 9.17) is 5.11 Å². The Kier molecular flexibility index (Phi) is 3.52. The van der Waals surface area contributed by atoms with Crippen LogP contribution in [0.5, 0.6) is 5.75 Å². The van der Waals surface area contributed by atoms with E-state index in [0.717, 1.165) is 5.56 Å². The Morgan fingerprint density at radius 2 is 2.00 bits per heavy atom. The van der Waals surface area contributed by atoms with Crippen molar-refractivity contribution in [3.63, 3.8) is 0 Å². The quantitative estimate of drug-likeness (QED) is 0.753. The third kappa shape index (κ3) is 2.92. The number of nitrogens with one attached hydrogen (secondary N) is 1. The summed E-state index contributed by atoms with van der Waals surface area (Å²) < 4.78 is 0. The Labute approximate surface area is 113 Å². The number of rotatable bonds is 3. The van der Waals surface area contributed by atoms with Crippen LogP contribution in [0.25, 0.3) is 0 Å². The molecule has 5 nitrogen and oxygen atoms in total. The predicted octanol–water partition coefficient (Wildman–Crippen LogP) is 2.71. The van der Waals surface area contributed by atoms with Crippen LogP contribution in [0.4, 0.5) is 5.69 Å². The topological polar surface area (TPSA) is 86.6 Å². The van der Waals surface area contributed by atoms with Gasteiger partial charge in [0.25, 0.3) is 5.91 Å². The van der Waals surface area contributed by atoms with Gasteiger partial charge in [-0.25, -0.2) is 4.79 Å². The van der Waals surface area contributed by atoms with Crippen LogP contribution >= 0.6 is 11.3 Å². The van der Waals surface area contributed by atoms with Gasteiger partial charge in [-0.05, 0) is 42.1 Å². The molecule has 0 bridgehead atoms. The van der Waals surface area contributed by atoms with Crippen molar-refractivity contribution in [2.75, 3.05) is 5.32 Å². The number of aromatic carboxylic acids is 1. The van der Waals surface area contributed by atoms with Crippen LogP contribution in [0.1, 0.15) is 25.6 Å². The first-order valence-corrected chi connectivity index (χ1v) is 6.28. The summed E-state index contributed by atoms with van der Waals surface area (Å²) in [5.74, 6) is -1.89. The molecule has 0 radical (unpaired) electrons. The van der Waals surface area contributed by atoms with E-state index >= 15 is 0 Å². The molecular formula is C13H11NO4S. The van der Waals surface area contributed by atoms with Gasteiger partial charge in [-0.15, -0.1) is 11.3 Å². The third-order valence-electron chi connectivity index (χ3n) is 2.44. The van der Waals surface area contributed by atoms with Gasteiger partial charge >= 0.3 is 5.97 Å². The molecule has 0 saturated carbocycles.